The number of hydrogen-bond donors (Lipinski definition) is 1. The van der Waals surface area contributed by atoms with Gasteiger partial charge in [0.25, 0.3) is 0 Å². The zero-order chi connectivity index (χ0) is 11.4. The molecule has 4 heteroatoms. The van der Waals surface area contributed by atoms with Gasteiger partial charge in [-0.1, -0.05) is 0 Å². The van der Waals surface area contributed by atoms with Crippen LogP contribution in [0.5, 0.6) is 0 Å². The first kappa shape index (κ1) is 11.4. The molecule has 0 unspecified atom stereocenters. The van der Waals surface area contributed by atoms with E-state index < -0.39 is 0 Å². The van der Waals surface area contributed by atoms with E-state index in [1.54, 1.807) is 11.3 Å². The van der Waals surface area contributed by atoms with Gasteiger partial charge in [0.05, 0.1) is 28.4 Å². The molecule has 0 radical (unpaired) electrons. The molecule has 0 saturated heterocycles. The number of aromatic nitrogens is 1. The van der Waals surface area contributed by atoms with Crippen LogP contribution in [-0.2, 0) is 4.74 Å². The quantitative estimate of drug-likeness (QED) is 0.810. The molecule has 1 N–H and O–H groups in total. The Morgan fingerprint density at radius 3 is 3.12 bits per heavy atom. The largest absolute Gasteiger partial charge is 0.383 e. The van der Waals surface area contributed by atoms with Crippen molar-refractivity contribution in [1.82, 2.24) is 4.98 Å². The molecular formula is C12H16N2OS. The second-order valence-electron chi connectivity index (χ2n) is 3.88. The molecule has 86 valence electrons. The van der Waals surface area contributed by atoms with E-state index in [2.05, 4.69) is 22.4 Å². The second-order valence-corrected chi connectivity index (χ2v) is 4.77. The number of hydrogen-bond acceptors (Lipinski definition) is 4. The molecule has 1 aromatic heterocycles. The fourth-order valence-electron chi connectivity index (χ4n) is 1.46. The number of fused-ring (bicyclic) bond motifs is 1. The van der Waals surface area contributed by atoms with Gasteiger partial charge in [0.1, 0.15) is 0 Å². The molecule has 0 bridgehead atoms. The van der Waals surface area contributed by atoms with Gasteiger partial charge in [0.15, 0.2) is 0 Å². The van der Waals surface area contributed by atoms with Crippen molar-refractivity contribution in [2.45, 2.75) is 20.0 Å². The van der Waals surface area contributed by atoms with Crippen molar-refractivity contribution in [3.05, 3.63) is 23.7 Å². The molecule has 3 nitrogen and oxygen atoms in total. The number of rotatable bonds is 5. The van der Waals surface area contributed by atoms with Crippen LogP contribution in [0.15, 0.2) is 23.7 Å². The second kappa shape index (κ2) is 5.27. The lowest BCUT2D eigenvalue weighted by Gasteiger charge is -2.09. The molecule has 0 amide bonds. The molecule has 0 atom stereocenters. The van der Waals surface area contributed by atoms with Gasteiger partial charge in [0, 0.05) is 12.2 Å². The molecule has 0 aliphatic carbocycles. The number of anilines is 1. The van der Waals surface area contributed by atoms with Crippen LogP contribution >= 0.6 is 11.3 Å². The zero-order valence-electron chi connectivity index (χ0n) is 9.56. The Morgan fingerprint density at radius 2 is 2.31 bits per heavy atom. The first-order valence-corrected chi connectivity index (χ1v) is 6.32. The van der Waals surface area contributed by atoms with Crippen molar-refractivity contribution < 1.29 is 4.74 Å². The number of ether oxygens (including phenoxy) is 1. The summed E-state index contributed by atoms with van der Waals surface area (Å²) in [7, 11) is 0. The minimum absolute atomic E-state index is 0.297. The summed E-state index contributed by atoms with van der Waals surface area (Å²) in [6, 6.07) is 6.22. The summed E-state index contributed by atoms with van der Waals surface area (Å²) in [6.45, 7) is 5.66. The minimum atomic E-state index is 0.297. The Hall–Kier alpha value is -1.13. The van der Waals surface area contributed by atoms with E-state index in [1.807, 2.05) is 25.4 Å². The van der Waals surface area contributed by atoms with Crippen molar-refractivity contribution in [3.63, 3.8) is 0 Å². The van der Waals surface area contributed by atoms with E-state index in [0.29, 0.717) is 6.10 Å². The molecule has 0 aliphatic heterocycles. The first-order valence-electron chi connectivity index (χ1n) is 5.44. The van der Waals surface area contributed by atoms with Crippen molar-refractivity contribution in [2.24, 2.45) is 0 Å². The van der Waals surface area contributed by atoms with Crippen molar-refractivity contribution in [1.29, 1.82) is 0 Å². The van der Waals surface area contributed by atoms with Crippen LogP contribution in [0.4, 0.5) is 5.69 Å². The van der Waals surface area contributed by atoms with Crippen LogP contribution in [0.2, 0.25) is 0 Å². The summed E-state index contributed by atoms with van der Waals surface area (Å²) in [5.74, 6) is 0. The monoisotopic (exact) mass is 236 g/mol. The van der Waals surface area contributed by atoms with E-state index in [4.69, 9.17) is 4.74 Å². The summed E-state index contributed by atoms with van der Waals surface area (Å²) in [6.07, 6.45) is 0.297. The van der Waals surface area contributed by atoms with Gasteiger partial charge in [-0.15, -0.1) is 11.3 Å². The highest BCUT2D eigenvalue weighted by Crippen LogP contribution is 2.21. The third-order valence-electron chi connectivity index (χ3n) is 2.21. The number of nitrogens with zero attached hydrogens (tertiary/aromatic N) is 1. The molecule has 0 fully saturated rings. The molecule has 16 heavy (non-hydrogen) atoms. The third kappa shape index (κ3) is 2.93. The van der Waals surface area contributed by atoms with E-state index >= 15 is 0 Å². The number of benzene rings is 1. The average molecular weight is 236 g/mol. The minimum Gasteiger partial charge on any atom is -0.383 e. The summed E-state index contributed by atoms with van der Waals surface area (Å²) >= 11 is 1.66. The zero-order valence-corrected chi connectivity index (χ0v) is 10.4. The average Bonchev–Trinajstić information content (AvgIpc) is 2.71. The van der Waals surface area contributed by atoms with Crippen molar-refractivity contribution >= 4 is 27.2 Å². The lowest BCUT2D eigenvalue weighted by atomic mass is 10.3. The Morgan fingerprint density at radius 1 is 1.44 bits per heavy atom. The standard InChI is InChI=1S/C12H16N2OS/c1-9(2)15-6-5-13-10-3-4-11-12(7-10)16-8-14-11/h3-4,7-9,13H,5-6H2,1-2H3. The Kier molecular flexibility index (Phi) is 3.74. The van der Waals surface area contributed by atoms with Crippen LogP contribution in [0.1, 0.15) is 13.8 Å². The first-order chi connectivity index (χ1) is 7.75. The van der Waals surface area contributed by atoms with E-state index in [9.17, 15) is 0 Å². The van der Waals surface area contributed by atoms with Gasteiger partial charge in [-0.05, 0) is 32.0 Å². The smallest absolute Gasteiger partial charge is 0.0813 e. The summed E-state index contributed by atoms with van der Waals surface area (Å²) in [5, 5.41) is 3.34. The van der Waals surface area contributed by atoms with Crippen LogP contribution in [0, 0.1) is 0 Å². The molecular weight excluding hydrogens is 220 g/mol. The van der Waals surface area contributed by atoms with E-state index in [1.165, 1.54) is 4.70 Å². The fourth-order valence-corrected chi connectivity index (χ4v) is 2.17. The van der Waals surface area contributed by atoms with E-state index in [0.717, 1.165) is 24.4 Å². The Bertz CT molecular complexity index is 453. The maximum Gasteiger partial charge on any atom is 0.0813 e. The van der Waals surface area contributed by atoms with Gasteiger partial charge in [-0.3, -0.25) is 0 Å². The van der Waals surface area contributed by atoms with Crippen LogP contribution in [0.25, 0.3) is 10.2 Å². The van der Waals surface area contributed by atoms with Gasteiger partial charge < -0.3 is 10.1 Å². The molecule has 0 spiro atoms. The Balaban J connectivity index is 1.89. The molecule has 1 heterocycles. The highest BCUT2D eigenvalue weighted by atomic mass is 32.1. The van der Waals surface area contributed by atoms with E-state index in [-0.39, 0.29) is 0 Å². The van der Waals surface area contributed by atoms with Gasteiger partial charge >= 0.3 is 0 Å². The number of nitrogens with one attached hydrogen (secondary N) is 1. The lowest BCUT2D eigenvalue weighted by molar-refractivity contribution is 0.0870. The predicted molar refractivity (Wildman–Crippen MR) is 69.2 cm³/mol. The summed E-state index contributed by atoms with van der Waals surface area (Å²) < 4.78 is 6.68. The predicted octanol–water partition coefficient (Wildman–Crippen LogP) is 3.13. The van der Waals surface area contributed by atoms with Crippen LogP contribution in [0.3, 0.4) is 0 Å². The molecule has 1 aromatic carbocycles. The SMILES string of the molecule is CC(C)OCCNc1ccc2ncsc2c1. The van der Waals surface area contributed by atoms with Gasteiger partial charge in [0.2, 0.25) is 0 Å². The number of thiazole rings is 1. The third-order valence-corrected chi connectivity index (χ3v) is 3.01. The highest BCUT2D eigenvalue weighted by Gasteiger charge is 1.98. The van der Waals surface area contributed by atoms with Gasteiger partial charge in [-0.25, -0.2) is 4.98 Å². The molecule has 2 aromatic rings. The fraction of sp³-hybridized carbons (Fsp3) is 0.417. The van der Waals surface area contributed by atoms with Crippen LogP contribution in [-0.4, -0.2) is 24.2 Å². The topological polar surface area (TPSA) is 34.1 Å². The van der Waals surface area contributed by atoms with Crippen molar-refractivity contribution in [3.8, 4) is 0 Å². The lowest BCUT2D eigenvalue weighted by Crippen LogP contribution is -2.12. The Labute approximate surface area is 99.5 Å². The summed E-state index contributed by atoms with van der Waals surface area (Å²) in [5.41, 5.74) is 4.06. The van der Waals surface area contributed by atoms with Gasteiger partial charge in [-0.2, -0.15) is 0 Å². The molecule has 2 rings (SSSR count). The van der Waals surface area contributed by atoms with Crippen LogP contribution < -0.4 is 5.32 Å². The molecule has 0 aliphatic rings. The maximum atomic E-state index is 5.46. The highest BCUT2D eigenvalue weighted by molar-refractivity contribution is 7.16. The van der Waals surface area contributed by atoms with Crippen molar-refractivity contribution in [2.75, 3.05) is 18.5 Å². The summed E-state index contributed by atoms with van der Waals surface area (Å²) in [4.78, 5) is 4.25. The normalized spacial score (nSPS) is 11.2. The molecule has 0 saturated carbocycles. The maximum absolute atomic E-state index is 5.46.